The molecule has 96 valence electrons. The predicted molar refractivity (Wildman–Crippen MR) is 70.6 cm³/mol. The van der Waals surface area contributed by atoms with E-state index in [1.807, 2.05) is 26.8 Å². The Balaban J connectivity index is 0.000000686. The Hall–Kier alpha value is -0.930. The number of hydrogen-bond donors (Lipinski definition) is 1. The van der Waals surface area contributed by atoms with Crippen molar-refractivity contribution in [3.8, 4) is 0 Å². The molecular formula is C14H23FN2. The minimum atomic E-state index is -0.134. The minimum absolute atomic E-state index is 0.134. The molecule has 0 unspecified atom stereocenters. The zero-order valence-corrected chi connectivity index (χ0v) is 11.1. The molecule has 1 N–H and O–H groups in total. The van der Waals surface area contributed by atoms with Gasteiger partial charge in [-0.2, -0.15) is 0 Å². The van der Waals surface area contributed by atoms with Crippen LogP contribution < -0.4 is 5.32 Å². The van der Waals surface area contributed by atoms with Crippen molar-refractivity contribution in [2.24, 2.45) is 0 Å². The van der Waals surface area contributed by atoms with Crippen molar-refractivity contribution in [3.05, 3.63) is 35.1 Å². The van der Waals surface area contributed by atoms with Crippen molar-refractivity contribution in [2.75, 3.05) is 26.2 Å². The lowest BCUT2D eigenvalue weighted by Crippen LogP contribution is -2.43. The van der Waals surface area contributed by atoms with Crippen LogP contribution in [0, 0.1) is 12.7 Å². The van der Waals surface area contributed by atoms with Gasteiger partial charge in [-0.05, 0) is 30.2 Å². The van der Waals surface area contributed by atoms with Crippen LogP contribution in [-0.4, -0.2) is 31.1 Å². The monoisotopic (exact) mass is 238 g/mol. The zero-order chi connectivity index (χ0) is 12.7. The van der Waals surface area contributed by atoms with Crippen molar-refractivity contribution in [1.29, 1.82) is 0 Å². The third-order valence-corrected chi connectivity index (χ3v) is 2.91. The van der Waals surface area contributed by atoms with Gasteiger partial charge in [0.25, 0.3) is 0 Å². The Morgan fingerprint density at radius 2 is 1.88 bits per heavy atom. The lowest BCUT2D eigenvalue weighted by molar-refractivity contribution is 0.232. The van der Waals surface area contributed by atoms with Crippen molar-refractivity contribution < 1.29 is 4.39 Å². The van der Waals surface area contributed by atoms with Gasteiger partial charge in [-0.25, -0.2) is 4.39 Å². The largest absolute Gasteiger partial charge is 0.314 e. The molecule has 1 aromatic rings. The second-order valence-corrected chi connectivity index (χ2v) is 4.10. The van der Waals surface area contributed by atoms with Gasteiger partial charge in [0, 0.05) is 32.7 Å². The van der Waals surface area contributed by atoms with Crippen LogP contribution in [0.1, 0.15) is 25.0 Å². The van der Waals surface area contributed by atoms with Crippen LogP contribution in [0.15, 0.2) is 18.2 Å². The highest BCUT2D eigenvalue weighted by Gasteiger charge is 2.11. The molecule has 3 heteroatoms. The molecule has 1 heterocycles. The lowest BCUT2D eigenvalue weighted by Gasteiger charge is -2.27. The van der Waals surface area contributed by atoms with E-state index in [1.165, 1.54) is 11.6 Å². The number of rotatable bonds is 2. The summed E-state index contributed by atoms with van der Waals surface area (Å²) in [6.45, 7) is 11.1. The third kappa shape index (κ3) is 4.44. The van der Waals surface area contributed by atoms with Crippen LogP contribution in [0.2, 0.25) is 0 Å². The molecular weight excluding hydrogens is 215 g/mol. The molecule has 1 aromatic carbocycles. The SMILES string of the molecule is CC.Cc1ccc(F)cc1CN1CCNCC1. The normalized spacial score (nSPS) is 16.2. The van der Waals surface area contributed by atoms with Gasteiger partial charge in [-0.1, -0.05) is 19.9 Å². The van der Waals surface area contributed by atoms with Gasteiger partial charge in [0.05, 0.1) is 0 Å². The minimum Gasteiger partial charge on any atom is -0.314 e. The smallest absolute Gasteiger partial charge is 0.123 e. The molecule has 0 bridgehead atoms. The highest BCUT2D eigenvalue weighted by atomic mass is 19.1. The fourth-order valence-corrected chi connectivity index (χ4v) is 1.92. The fourth-order valence-electron chi connectivity index (χ4n) is 1.92. The first-order chi connectivity index (χ1) is 8.25. The van der Waals surface area contributed by atoms with Crippen LogP contribution in [0.5, 0.6) is 0 Å². The molecule has 0 atom stereocenters. The van der Waals surface area contributed by atoms with E-state index < -0.39 is 0 Å². The van der Waals surface area contributed by atoms with E-state index in [4.69, 9.17) is 0 Å². The van der Waals surface area contributed by atoms with Crippen LogP contribution >= 0.6 is 0 Å². The maximum absolute atomic E-state index is 13.1. The number of aryl methyl sites for hydroxylation is 1. The van der Waals surface area contributed by atoms with Crippen molar-refractivity contribution in [1.82, 2.24) is 10.2 Å². The van der Waals surface area contributed by atoms with E-state index in [2.05, 4.69) is 10.2 Å². The topological polar surface area (TPSA) is 15.3 Å². The maximum atomic E-state index is 13.1. The van der Waals surface area contributed by atoms with Gasteiger partial charge in [0.1, 0.15) is 5.82 Å². The quantitative estimate of drug-likeness (QED) is 0.852. The molecule has 1 aliphatic heterocycles. The summed E-state index contributed by atoms with van der Waals surface area (Å²) in [4.78, 5) is 2.36. The fraction of sp³-hybridized carbons (Fsp3) is 0.571. The molecule has 0 spiro atoms. The molecule has 17 heavy (non-hydrogen) atoms. The van der Waals surface area contributed by atoms with Gasteiger partial charge in [-0.15, -0.1) is 0 Å². The standard InChI is InChI=1S/C12H17FN2.C2H6/c1-10-2-3-12(13)8-11(10)9-15-6-4-14-5-7-15;1-2/h2-3,8,14H,4-7,9H2,1H3;1-2H3. The molecule has 0 amide bonds. The summed E-state index contributed by atoms with van der Waals surface area (Å²) >= 11 is 0. The van der Waals surface area contributed by atoms with Crippen molar-refractivity contribution in [3.63, 3.8) is 0 Å². The average molecular weight is 238 g/mol. The van der Waals surface area contributed by atoms with Gasteiger partial charge < -0.3 is 5.32 Å². The van der Waals surface area contributed by atoms with Gasteiger partial charge in [-0.3, -0.25) is 4.90 Å². The van der Waals surface area contributed by atoms with Gasteiger partial charge >= 0.3 is 0 Å². The zero-order valence-electron chi connectivity index (χ0n) is 11.1. The summed E-state index contributed by atoms with van der Waals surface area (Å²) in [5.74, 6) is -0.134. The number of nitrogens with zero attached hydrogens (tertiary/aromatic N) is 1. The Bertz CT molecular complexity index is 333. The first-order valence-corrected chi connectivity index (χ1v) is 6.44. The molecule has 2 nitrogen and oxygen atoms in total. The lowest BCUT2D eigenvalue weighted by atomic mass is 10.1. The maximum Gasteiger partial charge on any atom is 0.123 e. The summed E-state index contributed by atoms with van der Waals surface area (Å²) in [7, 11) is 0. The van der Waals surface area contributed by atoms with Crippen LogP contribution in [0.3, 0.4) is 0 Å². The predicted octanol–water partition coefficient (Wildman–Crippen LogP) is 2.57. The van der Waals surface area contributed by atoms with Crippen LogP contribution in [0.25, 0.3) is 0 Å². The van der Waals surface area contributed by atoms with Gasteiger partial charge in [0.2, 0.25) is 0 Å². The number of halogens is 1. The third-order valence-electron chi connectivity index (χ3n) is 2.91. The Kier molecular flexibility index (Phi) is 6.16. The second-order valence-electron chi connectivity index (χ2n) is 4.10. The van der Waals surface area contributed by atoms with Crippen LogP contribution in [-0.2, 0) is 6.54 Å². The molecule has 2 rings (SSSR count). The van der Waals surface area contributed by atoms with E-state index in [0.29, 0.717) is 0 Å². The summed E-state index contributed by atoms with van der Waals surface area (Å²) in [5.41, 5.74) is 2.28. The summed E-state index contributed by atoms with van der Waals surface area (Å²) in [6.07, 6.45) is 0. The molecule has 0 radical (unpaired) electrons. The highest BCUT2D eigenvalue weighted by Crippen LogP contribution is 2.13. The van der Waals surface area contributed by atoms with Crippen molar-refractivity contribution in [2.45, 2.75) is 27.3 Å². The van der Waals surface area contributed by atoms with E-state index in [1.54, 1.807) is 6.07 Å². The first kappa shape index (κ1) is 14.1. The Morgan fingerprint density at radius 1 is 1.24 bits per heavy atom. The number of benzene rings is 1. The highest BCUT2D eigenvalue weighted by molar-refractivity contribution is 5.26. The molecule has 0 aromatic heterocycles. The van der Waals surface area contributed by atoms with E-state index in [9.17, 15) is 4.39 Å². The Labute approximate surface area is 104 Å². The summed E-state index contributed by atoms with van der Waals surface area (Å²) in [5, 5.41) is 3.31. The summed E-state index contributed by atoms with van der Waals surface area (Å²) in [6, 6.07) is 5.03. The first-order valence-electron chi connectivity index (χ1n) is 6.44. The molecule has 0 saturated carbocycles. The summed E-state index contributed by atoms with van der Waals surface area (Å²) < 4.78 is 13.1. The second kappa shape index (κ2) is 7.41. The van der Waals surface area contributed by atoms with Crippen LogP contribution in [0.4, 0.5) is 4.39 Å². The molecule has 1 aliphatic rings. The number of nitrogens with one attached hydrogen (secondary N) is 1. The average Bonchev–Trinajstić information content (AvgIpc) is 2.38. The molecule has 1 saturated heterocycles. The number of piperazine rings is 1. The van der Waals surface area contributed by atoms with E-state index >= 15 is 0 Å². The van der Waals surface area contributed by atoms with E-state index in [-0.39, 0.29) is 5.82 Å². The number of hydrogen-bond acceptors (Lipinski definition) is 2. The van der Waals surface area contributed by atoms with Gasteiger partial charge in [0.15, 0.2) is 0 Å². The van der Waals surface area contributed by atoms with Crippen molar-refractivity contribution >= 4 is 0 Å². The molecule has 1 fully saturated rings. The molecule has 0 aliphatic carbocycles. The Morgan fingerprint density at radius 3 is 2.53 bits per heavy atom. The van der Waals surface area contributed by atoms with E-state index in [0.717, 1.165) is 38.3 Å².